The van der Waals surface area contributed by atoms with E-state index in [0.29, 0.717) is 18.6 Å². The van der Waals surface area contributed by atoms with E-state index in [1.807, 2.05) is 12.1 Å². The molecule has 90 valence electrons. The molecule has 0 atom stereocenters. The maximum Gasteiger partial charge on any atom is 0.0718 e. The van der Waals surface area contributed by atoms with Crippen LogP contribution in [0, 0.1) is 5.41 Å². The molecule has 0 amide bonds. The Hall–Kier alpha value is -0.930. The maximum atomic E-state index is 5.63. The van der Waals surface area contributed by atoms with Crippen molar-refractivity contribution in [3.8, 4) is 0 Å². The molecule has 1 aromatic heterocycles. The summed E-state index contributed by atoms with van der Waals surface area (Å²) in [5.74, 6) is 0. The minimum Gasteiger partial charge on any atom is -0.377 e. The third-order valence-corrected chi connectivity index (χ3v) is 2.36. The Morgan fingerprint density at radius 3 is 2.75 bits per heavy atom. The number of rotatable bonds is 5. The summed E-state index contributed by atoms with van der Waals surface area (Å²) in [5.41, 5.74) is 7.92. The monoisotopic (exact) mass is 222 g/mol. The standard InChI is InChI=1S/C13H22N2O/c1-13(2,3)5-7-16-10-11-4-6-15-12(8-11)9-14/h4,6,8H,5,7,9-10,14H2,1-3H3. The molecule has 0 fully saturated rings. The van der Waals surface area contributed by atoms with Gasteiger partial charge in [0, 0.05) is 19.3 Å². The molecule has 3 heteroatoms. The van der Waals surface area contributed by atoms with Gasteiger partial charge in [0.05, 0.1) is 12.3 Å². The zero-order chi connectivity index (χ0) is 12.0. The summed E-state index contributed by atoms with van der Waals surface area (Å²) >= 11 is 0. The van der Waals surface area contributed by atoms with Crippen LogP contribution in [0.15, 0.2) is 18.3 Å². The van der Waals surface area contributed by atoms with E-state index in [4.69, 9.17) is 10.5 Å². The van der Waals surface area contributed by atoms with E-state index < -0.39 is 0 Å². The Bertz CT molecular complexity index is 318. The number of nitrogens with two attached hydrogens (primary N) is 1. The first-order valence-corrected chi connectivity index (χ1v) is 5.73. The van der Waals surface area contributed by atoms with Gasteiger partial charge in [0.1, 0.15) is 0 Å². The Labute approximate surface area is 98.0 Å². The third-order valence-electron chi connectivity index (χ3n) is 2.36. The summed E-state index contributed by atoms with van der Waals surface area (Å²) < 4.78 is 5.63. The molecule has 0 radical (unpaired) electrons. The molecular weight excluding hydrogens is 200 g/mol. The van der Waals surface area contributed by atoms with Crippen molar-refractivity contribution in [1.82, 2.24) is 4.98 Å². The zero-order valence-corrected chi connectivity index (χ0v) is 10.5. The van der Waals surface area contributed by atoms with E-state index in [1.54, 1.807) is 6.20 Å². The van der Waals surface area contributed by atoms with Crippen LogP contribution in [-0.4, -0.2) is 11.6 Å². The van der Waals surface area contributed by atoms with Gasteiger partial charge in [0.2, 0.25) is 0 Å². The van der Waals surface area contributed by atoms with Crippen molar-refractivity contribution in [2.45, 2.75) is 40.3 Å². The van der Waals surface area contributed by atoms with E-state index in [2.05, 4.69) is 25.8 Å². The van der Waals surface area contributed by atoms with E-state index in [-0.39, 0.29) is 0 Å². The molecule has 0 spiro atoms. The highest BCUT2D eigenvalue weighted by Crippen LogP contribution is 2.18. The summed E-state index contributed by atoms with van der Waals surface area (Å²) in [6.07, 6.45) is 2.85. The highest BCUT2D eigenvalue weighted by molar-refractivity contribution is 5.15. The lowest BCUT2D eigenvalue weighted by Gasteiger charge is -2.17. The molecule has 2 N–H and O–H groups in total. The number of hydrogen-bond acceptors (Lipinski definition) is 3. The van der Waals surface area contributed by atoms with Gasteiger partial charge >= 0.3 is 0 Å². The van der Waals surface area contributed by atoms with E-state index in [9.17, 15) is 0 Å². The summed E-state index contributed by atoms with van der Waals surface area (Å²) in [6.45, 7) is 8.57. The number of ether oxygens (including phenoxy) is 1. The molecule has 0 bridgehead atoms. The molecule has 0 aromatic carbocycles. The van der Waals surface area contributed by atoms with Gasteiger partial charge in [-0.25, -0.2) is 0 Å². The minimum atomic E-state index is 0.334. The third kappa shape index (κ3) is 5.24. The quantitative estimate of drug-likeness (QED) is 0.779. The summed E-state index contributed by atoms with van der Waals surface area (Å²) in [5, 5.41) is 0. The molecule has 1 heterocycles. The second kappa shape index (κ2) is 5.97. The van der Waals surface area contributed by atoms with Crippen molar-refractivity contribution >= 4 is 0 Å². The number of aromatic nitrogens is 1. The Kier molecular flexibility index (Phi) is 4.90. The van der Waals surface area contributed by atoms with Crippen molar-refractivity contribution in [2.75, 3.05) is 6.61 Å². The van der Waals surface area contributed by atoms with Crippen LogP contribution in [0.3, 0.4) is 0 Å². The lowest BCUT2D eigenvalue weighted by molar-refractivity contribution is 0.0961. The minimum absolute atomic E-state index is 0.334. The second-order valence-electron chi connectivity index (χ2n) is 5.22. The van der Waals surface area contributed by atoms with Crippen molar-refractivity contribution in [3.63, 3.8) is 0 Å². The lowest BCUT2D eigenvalue weighted by atomic mass is 9.93. The number of pyridine rings is 1. The van der Waals surface area contributed by atoms with Crippen LogP contribution in [0.4, 0.5) is 0 Å². The van der Waals surface area contributed by atoms with Crippen molar-refractivity contribution in [2.24, 2.45) is 11.1 Å². The molecule has 0 saturated heterocycles. The molecule has 0 aliphatic carbocycles. The van der Waals surface area contributed by atoms with Crippen LogP contribution < -0.4 is 5.73 Å². The predicted molar refractivity (Wildman–Crippen MR) is 65.9 cm³/mol. The topological polar surface area (TPSA) is 48.1 Å². The van der Waals surface area contributed by atoms with Gasteiger partial charge in [0.25, 0.3) is 0 Å². The number of nitrogens with zero attached hydrogens (tertiary/aromatic N) is 1. The van der Waals surface area contributed by atoms with Gasteiger partial charge in [-0.05, 0) is 29.5 Å². The zero-order valence-electron chi connectivity index (χ0n) is 10.5. The largest absolute Gasteiger partial charge is 0.377 e. The first-order valence-electron chi connectivity index (χ1n) is 5.73. The molecule has 1 aromatic rings. The molecular formula is C13H22N2O. The molecule has 0 saturated carbocycles. The average Bonchev–Trinajstić information content (AvgIpc) is 2.23. The van der Waals surface area contributed by atoms with Crippen LogP contribution in [0.2, 0.25) is 0 Å². The smallest absolute Gasteiger partial charge is 0.0718 e. The van der Waals surface area contributed by atoms with Gasteiger partial charge in [-0.1, -0.05) is 20.8 Å². The molecule has 1 rings (SSSR count). The van der Waals surface area contributed by atoms with Gasteiger partial charge in [-0.15, -0.1) is 0 Å². The predicted octanol–water partition coefficient (Wildman–Crippen LogP) is 2.49. The molecule has 3 nitrogen and oxygen atoms in total. The highest BCUT2D eigenvalue weighted by Gasteiger charge is 2.09. The van der Waals surface area contributed by atoms with Crippen LogP contribution in [0.5, 0.6) is 0 Å². The fraction of sp³-hybridized carbons (Fsp3) is 0.615. The van der Waals surface area contributed by atoms with Crippen molar-refractivity contribution in [3.05, 3.63) is 29.6 Å². The molecule has 16 heavy (non-hydrogen) atoms. The molecule has 0 unspecified atom stereocenters. The van der Waals surface area contributed by atoms with E-state index >= 15 is 0 Å². The molecule has 0 aliphatic rings. The van der Waals surface area contributed by atoms with Gasteiger partial charge in [-0.2, -0.15) is 0 Å². The number of hydrogen-bond donors (Lipinski definition) is 1. The highest BCUT2D eigenvalue weighted by atomic mass is 16.5. The Morgan fingerprint density at radius 1 is 1.38 bits per heavy atom. The Morgan fingerprint density at radius 2 is 2.12 bits per heavy atom. The summed E-state index contributed by atoms with van der Waals surface area (Å²) in [4.78, 5) is 4.14. The van der Waals surface area contributed by atoms with Crippen molar-refractivity contribution < 1.29 is 4.74 Å². The lowest BCUT2D eigenvalue weighted by Crippen LogP contribution is -2.09. The van der Waals surface area contributed by atoms with Crippen LogP contribution in [0.1, 0.15) is 38.4 Å². The molecule has 0 aliphatic heterocycles. The van der Waals surface area contributed by atoms with Gasteiger partial charge in [-0.3, -0.25) is 4.98 Å². The van der Waals surface area contributed by atoms with Crippen LogP contribution in [-0.2, 0) is 17.9 Å². The first-order chi connectivity index (χ1) is 7.51. The normalized spacial score (nSPS) is 11.8. The Balaban J connectivity index is 2.32. The SMILES string of the molecule is CC(C)(C)CCOCc1ccnc(CN)c1. The fourth-order valence-electron chi connectivity index (χ4n) is 1.30. The van der Waals surface area contributed by atoms with E-state index in [0.717, 1.165) is 24.3 Å². The van der Waals surface area contributed by atoms with E-state index in [1.165, 1.54) is 0 Å². The van der Waals surface area contributed by atoms with Gasteiger partial charge < -0.3 is 10.5 Å². The summed E-state index contributed by atoms with van der Waals surface area (Å²) in [7, 11) is 0. The average molecular weight is 222 g/mol. The second-order valence-corrected chi connectivity index (χ2v) is 5.22. The fourth-order valence-corrected chi connectivity index (χ4v) is 1.30. The summed E-state index contributed by atoms with van der Waals surface area (Å²) in [6, 6.07) is 3.97. The van der Waals surface area contributed by atoms with Crippen molar-refractivity contribution in [1.29, 1.82) is 0 Å². The van der Waals surface area contributed by atoms with Gasteiger partial charge in [0.15, 0.2) is 0 Å². The van der Waals surface area contributed by atoms with Crippen LogP contribution in [0.25, 0.3) is 0 Å². The van der Waals surface area contributed by atoms with Crippen LogP contribution >= 0.6 is 0 Å². The maximum absolute atomic E-state index is 5.63. The first kappa shape index (κ1) is 13.1.